The van der Waals surface area contributed by atoms with E-state index >= 15 is 0 Å². The largest absolute Gasteiger partial charge is 0.477 e. The summed E-state index contributed by atoms with van der Waals surface area (Å²) in [7, 11) is 0. The van der Waals surface area contributed by atoms with Crippen LogP contribution in [0, 0.1) is 10.1 Å². The molecule has 0 heterocycles. The van der Waals surface area contributed by atoms with E-state index in [2.05, 4.69) is 5.16 Å². The molecule has 1 aromatic carbocycles. The van der Waals surface area contributed by atoms with E-state index in [1.165, 1.54) is 6.07 Å². The van der Waals surface area contributed by atoms with Crippen molar-refractivity contribution in [3.05, 3.63) is 39.4 Å². The highest BCUT2D eigenvalue weighted by atomic mass is 16.6. The SMILES string of the molecule is O=C(O)c1cc(C=NO)ccc1[N+](=O)[O-]. The number of hydrogen-bond donors (Lipinski definition) is 2. The van der Waals surface area contributed by atoms with Crippen molar-refractivity contribution in [1.82, 2.24) is 0 Å². The van der Waals surface area contributed by atoms with E-state index < -0.39 is 22.1 Å². The second-order valence-corrected chi connectivity index (χ2v) is 2.58. The third-order valence-electron chi connectivity index (χ3n) is 1.65. The topological polar surface area (TPSA) is 113 Å². The van der Waals surface area contributed by atoms with Gasteiger partial charge in [0.05, 0.1) is 11.1 Å². The van der Waals surface area contributed by atoms with E-state index in [0.717, 1.165) is 18.3 Å². The van der Waals surface area contributed by atoms with Gasteiger partial charge in [-0.15, -0.1) is 0 Å². The van der Waals surface area contributed by atoms with Gasteiger partial charge < -0.3 is 10.3 Å². The van der Waals surface area contributed by atoms with Crippen molar-refractivity contribution in [3.8, 4) is 0 Å². The van der Waals surface area contributed by atoms with E-state index in [1.54, 1.807) is 0 Å². The summed E-state index contributed by atoms with van der Waals surface area (Å²) in [6.45, 7) is 0. The van der Waals surface area contributed by atoms with Gasteiger partial charge in [0.15, 0.2) is 0 Å². The molecule has 0 aliphatic heterocycles. The zero-order valence-corrected chi connectivity index (χ0v) is 7.32. The molecule has 0 atom stereocenters. The molecule has 0 aliphatic rings. The second-order valence-electron chi connectivity index (χ2n) is 2.58. The molecule has 7 nitrogen and oxygen atoms in total. The second kappa shape index (κ2) is 4.18. The van der Waals surface area contributed by atoms with Crippen LogP contribution in [0.5, 0.6) is 0 Å². The molecule has 0 unspecified atom stereocenters. The Morgan fingerprint density at radius 3 is 2.67 bits per heavy atom. The minimum Gasteiger partial charge on any atom is -0.477 e. The van der Waals surface area contributed by atoms with Gasteiger partial charge in [0.25, 0.3) is 5.69 Å². The van der Waals surface area contributed by atoms with Crippen LogP contribution in [0.1, 0.15) is 15.9 Å². The number of nitro groups is 1. The number of carbonyl (C=O) groups is 1. The number of carboxylic acids is 1. The lowest BCUT2D eigenvalue weighted by Crippen LogP contribution is -2.03. The number of oxime groups is 1. The number of carboxylic acid groups (broad SMARTS) is 1. The highest BCUT2D eigenvalue weighted by Gasteiger charge is 2.19. The van der Waals surface area contributed by atoms with Crippen molar-refractivity contribution in [2.75, 3.05) is 0 Å². The lowest BCUT2D eigenvalue weighted by molar-refractivity contribution is -0.385. The molecule has 0 saturated carbocycles. The molecule has 1 aromatic rings. The van der Waals surface area contributed by atoms with Gasteiger partial charge in [-0.05, 0) is 17.7 Å². The maximum Gasteiger partial charge on any atom is 0.342 e. The van der Waals surface area contributed by atoms with E-state index in [1.807, 2.05) is 0 Å². The molecular formula is C8H6N2O5. The van der Waals surface area contributed by atoms with Gasteiger partial charge in [-0.2, -0.15) is 0 Å². The van der Waals surface area contributed by atoms with Crippen LogP contribution in [-0.4, -0.2) is 27.4 Å². The van der Waals surface area contributed by atoms with E-state index in [0.29, 0.717) is 0 Å². The molecule has 2 N–H and O–H groups in total. The Morgan fingerprint density at radius 1 is 1.53 bits per heavy atom. The Labute approximate surface area is 83.4 Å². The van der Waals surface area contributed by atoms with Crippen LogP contribution < -0.4 is 0 Å². The van der Waals surface area contributed by atoms with Gasteiger partial charge in [-0.1, -0.05) is 5.16 Å². The number of benzene rings is 1. The number of rotatable bonds is 3. The predicted molar refractivity (Wildman–Crippen MR) is 49.4 cm³/mol. The molecule has 0 saturated heterocycles. The molecule has 0 aromatic heterocycles. The zero-order chi connectivity index (χ0) is 11.4. The number of nitrogens with zero attached hydrogens (tertiary/aromatic N) is 2. The lowest BCUT2D eigenvalue weighted by Gasteiger charge is -1.98. The Kier molecular flexibility index (Phi) is 2.97. The van der Waals surface area contributed by atoms with Crippen LogP contribution in [0.4, 0.5) is 5.69 Å². The number of hydrogen-bond acceptors (Lipinski definition) is 5. The summed E-state index contributed by atoms with van der Waals surface area (Å²) in [5.74, 6) is -1.41. The molecule has 0 spiro atoms. The van der Waals surface area contributed by atoms with Crippen molar-refractivity contribution in [2.24, 2.45) is 5.16 Å². The molecule has 0 radical (unpaired) electrons. The fraction of sp³-hybridized carbons (Fsp3) is 0. The first-order valence-corrected chi connectivity index (χ1v) is 3.75. The smallest absolute Gasteiger partial charge is 0.342 e. The predicted octanol–water partition coefficient (Wildman–Crippen LogP) is 1.10. The minimum absolute atomic E-state index is 0.264. The fourth-order valence-corrected chi connectivity index (χ4v) is 1.03. The van der Waals surface area contributed by atoms with Crippen LogP contribution in [0.2, 0.25) is 0 Å². The standard InChI is InChI=1S/C8H6N2O5/c11-8(12)6-3-5(4-9-13)1-2-7(6)10(14)15/h1-4,13H,(H,11,12). The quantitative estimate of drug-likeness (QED) is 0.335. The van der Waals surface area contributed by atoms with E-state index in [9.17, 15) is 14.9 Å². The van der Waals surface area contributed by atoms with Crippen molar-refractivity contribution < 1.29 is 20.0 Å². The molecule has 78 valence electrons. The number of nitro benzene ring substituents is 1. The maximum absolute atomic E-state index is 10.7. The Morgan fingerprint density at radius 2 is 2.20 bits per heavy atom. The number of aromatic carboxylic acids is 1. The highest BCUT2D eigenvalue weighted by Crippen LogP contribution is 2.19. The molecule has 0 fully saturated rings. The van der Waals surface area contributed by atoms with Crippen LogP contribution >= 0.6 is 0 Å². The average Bonchev–Trinajstić information content (AvgIpc) is 2.17. The van der Waals surface area contributed by atoms with Crippen LogP contribution in [0.25, 0.3) is 0 Å². The highest BCUT2D eigenvalue weighted by molar-refractivity contribution is 5.95. The maximum atomic E-state index is 10.7. The third-order valence-corrected chi connectivity index (χ3v) is 1.65. The summed E-state index contributed by atoms with van der Waals surface area (Å²) in [6.07, 6.45) is 0.982. The summed E-state index contributed by atoms with van der Waals surface area (Å²) >= 11 is 0. The molecule has 0 aliphatic carbocycles. The molecule has 1 rings (SSSR count). The molecule has 0 amide bonds. The first-order chi connectivity index (χ1) is 7.06. The van der Waals surface area contributed by atoms with Crippen molar-refractivity contribution >= 4 is 17.9 Å². The van der Waals surface area contributed by atoms with Crippen molar-refractivity contribution in [2.45, 2.75) is 0 Å². The first-order valence-electron chi connectivity index (χ1n) is 3.75. The Bertz CT molecular complexity index is 441. The summed E-state index contributed by atoms with van der Waals surface area (Å²) in [5, 5.41) is 30.1. The van der Waals surface area contributed by atoms with Crippen molar-refractivity contribution in [1.29, 1.82) is 0 Å². The Hall–Kier alpha value is -2.44. The van der Waals surface area contributed by atoms with Gasteiger partial charge in [-0.25, -0.2) is 4.79 Å². The van der Waals surface area contributed by atoms with E-state index in [-0.39, 0.29) is 5.56 Å². The first kappa shape index (κ1) is 10.6. The monoisotopic (exact) mass is 210 g/mol. The molecule has 15 heavy (non-hydrogen) atoms. The molecule has 7 heteroatoms. The summed E-state index contributed by atoms with van der Waals surface area (Å²) in [5.41, 5.74) is -0.685. The van der Waals surface area contributed by atoms with Gasteiger partial charge in [0.1, 0.15) is 5.56 Å². The lowest BCUT2D eigenvalue weighted by atomic mass is 10.1. The molecule has 0 bridgehead atoms. The average molecular weight is 210 g/mol. The summed E-state index contributed by atoms with van der Waals surface area (Å²) < 4.78 is 0. The summed E-state index contributed by atoms with van der Waals surface area (Å²) in [4.78, 5) is 20.3. The molecular weight excluding hydrogens is 204 g/mol. The normalized spacial score (nSPS) is 10.4. The van der Waals surface area contributed by atoms with Crippen molar-refractivity contribution in [3.63, 3.8) is 0 Å². The Balaban J connectivity index is 3.33. The van der Waals surface area contributed by atoms with Crippen LogP contribution in [0.15, 0.2) is 23.4 Å². The van der Waals surface area contributed by atoms with Gasteiger partial charge in [0.2, 0.25) is 0 Å². The van der Waals surface area contributed by atoms with Crippen LogP contribution in [-0.2, 0) is 0 Å². The van der Waals surface area contributed by atoms with Gasteiger partial charge in [0, 0.05) is 6.07 Å². The van der Waals surface area contributed by atoms with Crippen LogP contribution in [0.3, 0.4) is 0 Å². The van der Waals surface area contributed by atoms with Gasteiger partial charge >= 0.3 is 5.97 Å². The minimum atomic E-state index is -1.41. The summed E-state index contributed by atoms with van der Waals surface area (Å²) in [6, 6.07) is 3.38. The van der Waals surface area contributed by atoms with Gasteiger partial charge in [-0.3, -0.25) is 10.1 Å². The third kappa shape index (κ3) is 2.27. The zero-order valence-electron chi connectivity index (χ0n) is 7.32. The fourth-order valence-electron chi connectivity index (χ4n) is 1.03. The van der Waals surface area contributed by atoms with E-state index in [4.69, 9.17) is 10.3 Å².